The predicted octanol–water partition coefficient (Wildman–Crippen LogP) is 4.56. The minimum absolute atomic E-state index is 0.00695. The Morgan fingerprint density at radius 3 is 2.19 bits per heavy atom. The number of nitrogens with one attached hydrogen (secondary N) is 1. The maximum atomic E-state index is 13.8. The number of amides is 2. The van der Waals surface area contributed by atoms with Gasteiger partial charge in [0.25, 0.3) is 0 Å². The highest BCUT2D eigenvalue weighted by atomic mass is 32.2. The third-order valence-electron chi connectivity index (χ3n) is 6.82. The molecule has 0 radical (unpaired) electrons. The summed E-state index contributed by atoms with van der Waals surface area (Å²) in [5.41, 5.74) is 0.765. The van der Waals surface area contributed by atoms with Gasteiger partial charge in [0, 0.05) is 17.4 Å². The second-order valence-electron chi connectivity index (χ2n) is 11.7. The molecule has 1 aromatic rings. The van der Waals surface area contributed by atoms with Crippen LogP contribution in [0, 0.1) is 11.3 Å². The molecule has 1 aliphatic rings. The van der Waals surface area contributed by atoms with Crippen molar-refractivity contribution >= 4 is 29.5 Å². The lowest BCUT2D eigenvalue weighted by molar-refractivity contribution is -0.141. The van der Waals surface area contributed by atoms with Crippen LogP contribution in [0.25, 0.3) is 0 Å². The lowest BCUT2D eigenvalue weighted by Crippen LogP contribution is -2.60. The Labute approximate surface area is 220 Å². The summed E-state index contributed by atoms with van der Waals surface area (Å²) >= 11 is 1.74. The average molecular weight is 518 g/mol. The van der Waals surface area contributed by atoms with E-state index in [0.717, 1.165) is 5.56 Å². The highest BCUT2D eigenvalue weighted by Crippen LogP contribution is 2.51. The second kappa shape index (κ2) is 11.4. The van der Waals surface area contributed by atoms with Crippen molar-refractivity contribution in [3.05, 3.63) is 47.5 Å². The Bertz CT molecular complexity index is 984. The van der Waals surface area contributed by atoms with Crippen molar-refractivity contribution in [1.29, 1.82) is 0 Å². The van der Waals surface area contributed by atoms with Gasteiger partial charge >= 0.3 is 5.97 Å². The molecule has 8 heteroatoms. The smallest absolute Gasteiger partial charge is 0.331 e. The van der Waals surface area contributed by atoms with Gasteiger partial charge in [-0.25, -0.2) is 4.79 Å². The minimum atomic E-state index is -1.01. The SMILES string of the molecule is C/C(=C\[C@H](C(C)C)N(C)C(=O)[C@@H](NC(=O)C1N(C)C(c2ccccc2)SC1(C)C)C(C)(C)C)C(=O)O. The fourth-order valence-corrected chi connectivity index (χ4v) is 6.34. The number of benzene rings is 1. The van der Waals surface area contributed by atoms with Gasteiger partial charge < -0.3 is 15.3 Å². The molecule has 4 atom stereocenters. The summed E-state index contributed by atoms with van der Waals surface area (Å²) < 4.78 is -0.376. The van der Waals surface area contributed by atoms with Gasteiger partial charge in [-0.1, -0.05) is 71.0 Å². The lowest BCUT2D eigenvalue weighted by atomic mass is 9.84. The van der Waals surface area contributed by atoms with E-state index in [1.807, 2.05) is 59.9 Å². The zero-order chi connectivity index (χ0) is 27.6. The quantitative estimate of drug-likeness (QED) is 0.492. The van der Waals surface area contributed by atoms with Crippen LogP contribution >= 0.6 is 11.8 Å². The van der Waals surface area contributed by atoms with E-state index in [-0.39, 0.29) is 33.4 Å². The first kappa shape index (κ1) is 29.9. The van der Waals surface area contributed by atoms with Crippen LogP contribution in [0.5, 0.6) is 0 Å². The van der Waals surface area contributed by atoms with Crippen LogP contribution in [0.3, 0.4) is 0 Å². The molecule has 2 amide bonds. The lowest BCUT2D eigenvalue weighted by Gasteiger charge is -2.39. The summed E-state index contributed by atoms with van der Waals surface area (Å²) in [5.74, 6) is -1.45. The maximum Gasteiger partial charge on any atom is 0.331 e. The molecule has 0 spiro atoms. The molecule has 1 aliphatic heterocycles. The van der Waals surface area contributed by atoms with E-state index in [9.17, 15) is 19.5 Å². The highest BCUT2D eigenvalue weighted by Gasteiger charge is 2.51. The van der Waals surface area contributed by atoms with Gasteiger partial charge in [0.15, 0.2) is 0 Å². The molecule has 2 rings (SSSR count). The molecule has 2 unspecified atom stereocenters. The fraction of sp³-hybridized carbons (Fsp3) is 0.607. The third-order valence-corrected chi connectivity index (χ3v) is 8.48. The number of thioether (sulfide) groups is 1. The molecular formula is C28H43N3O4S. The summed E-state index contributed by atoms with van der Waals surface area (Å²) in [5, 5.41) is 12.5. The number of carboxylic acids is 1. The molecule has 0 aliphatic carbocycles. The first-order valence-electron chi connectivity index (χ1n) is 12.4. The normalized spacial score (nSPS) is 22.2. The van der Waals surface area contributed by atoms with Gasteiger partial charge in [0.05, 0.1) is 11.4 Å². The van der Waals surface area contributed by atoms with Crippen molar-refractivity contribution in [2.24, 2.45) is 11.3 Å². The molecule has 1 heterocycles. The zero-order valence-corrected chi connectivity index (χ0v) is 24.1. The molecule has 1 aromatic carbocycles. The molecular weight excluding hydrogens is 474 g/mol. The van der Waals surface area contributed by atoms with E-state index < -0.39 is 29.5 Å². The largest absolute Gasteiger partial charge is 0.478 e. The number of hydrogen-bond acceptors (Lipinski definition) is 5. The molecule has 0 aromatic heterocycles. The van der Waals surface area contributed by atoms with E-state index in [4.69, 9.17) is 0 Å². The average Bonchev–Trinajstić information content (AvgIpc) is 3.02. The molecule has 1 saturated heterocycles. The van der Waals surface area contributed by atoms with Crippen LogP contribution in [-0.4, -0.2) is 69.7 Å². The topological polar surface area (TPSA) is 90.0 Å². The summed E-state index contributed by atoms with van der Waals surface area (Å²) in [6.45, 7) is 15.3. The van der Waals surface area contributed by atoms with E-state index >= 15 is 0 Å². The van der Waals surface area contributed by atoms with E-state index in [1.54, 1.807) is 29.8 Å². The Hall–Kier alpha value is -2.32. The van der Waals surface area contributed by atoms with Gasteiger partial charge in [-0.2, -0.15) is 0 Å². The number of nitrogens with zero attached hydrogens (tertiary/aromatic N) is 2. The van der Waals surface area contributed by atoms with Crippen LogP contribution < -0.4 is 5.32 Å². The first-order valence-corrected chi connectivity index (χ1v) is 13.3. The monoisotopic (exact) mass is 517 g/mol. The third kappa shape index (κ3) is 6.71. The van der Waals surface area contributed by atoms with Gasteiger partial charge in [-0.05, 0) is 44.7 Å². The fourth-order valence-electron chi connectivity index (χ4n) is 4.78. The number of rotatable bonds is 8. The van der Waals surface area contributed by atoms with Crippen LogP contribution in [0.2, 0.25) is 0 Å². The molecule has 0 bridgehead atoms. The van der Waals surface area contributed by atoms with Crippen LogP contribution in [0.15, 0.2) is 42.0 Å². The standard InChI is InChI=1S/C28H43N3O4S/c1-17(2)20(16-18(3)26(34)35)30(9)24(33)21(27(4,5)6)29-23(32)22-28(7,8)36-25(31(22)10)19-14-12-11-13-15-19/h11-17,20-22,25H,1-10H3,(H,29,32)(H,34,35)/b18-16+/t20-,21-,22?,25?/m1/s1. The van der Waals surface area contributed by atoms with Gasteiger partial charge in [-0.15, -0.1) is 11.8 Å². The summed E-state index contributed by atoms with van der Waals surface area (Å²) in [6, 6.07) is 8.48. The number of carboxylic acid groups (broad SMARTS) is 1. The van der Waals surface area contributed by atoms with E-state index in [0.29, 0.717) is 0 Å². The van der Waals surface area contributed by atoms with Crippen LogP contribution in [0.1, 0.15) is 66.3 Å². The Morgan fingerprint density at radius 1 is 1.17 bits per heavy atom. The molecule has 1 fully saturated rings. The van der Waals surface area contributed by atoms with E-state index in [1.165, 1.54) is 6.92 Å². The maximum absolute atomic E-state index is 13.8. The highest BCUT2D eigenvalue weighted by molar-refractivity contribution is 8.01. The first-order chi connectivity index (χ1) is 16.5. The zero-order valence-electron chi connectivity index (χ0n) is 23.3. The predicted molar refractivity (Wildman–Crippen MR) is 147 cm³/mol. The Kier molecular flexibility index (Phi) is 9.46. The number of carbonyl (C=O) groups is 3. The van der Waals surface area contributed by atoms with Crippen molar-refractivity contribution in [2.75, 3.05) is 14.1 Å². The van der Waals surface area contributed by atoms with Crippen molar-refractivity contribution < 1.29 is 19.5 Å². The Morgan fingerprint density at radius 2 is 1.72 bits per heavy atom. The second-order valence-corrected chi connectivity index (χ2v) is 13.4. The van der Waals surface area contributed by atoms with Crippen molar-refractivity contribution in [1.82, 2.24) is 15.1 Å². The minimum Gasteiger partial charge on any atom is -0.478 e. The Balaban J connectivity index is 2.34. The number of hydrogen-bond donors (Lipinski definition) is 2. The van der Waals surface area contributed by atoms with Crippen molar-refractivity contribution in [3.63, 3.8) is 0 Å². The molecule has 2 N–H and O–H groups in total. The molecule has 0 saturated carbocycles. The van der Waals surface area contributed by atoms with E-state index in [2.05, 4.69) is 36.2 Å². The van der Waals surface area contributed by atoms with Gasteiger partial charge in [0.1, 0.15) is 12.1 Å². The molecule has 200 valence electrons. The van der Waals surface area contributed by atoms with Gasteiger partial charge in [-0.3, -0.25) is 14.5 Å². The van der Waals surface area contributed by atoms with Crippen LogP contribution in [0.4, 0.5) is 0 Å². The van der Waals surface area contributed by atoms with Gasteiger partial charge in [0.2, 0.25) is 11.8 Å². The summed E-state index contributed by atoms with van der Waals surface area (Å²) in [4.78, 5) is 42.6. The number of likely N-dealkylation sites (N-methyl/N-ethyl adjacent to an activating group) is 2. The molecule has 7 nitrogen and oxygen atoms in total. The van der Waals surface area contributed by atoms with Crippen molar-refractivity contribution in [2.45, 2.75) is 83.6 Å². The summed E-state index contributed by atoms with van der Waals surface area (Å²) in [7, 11) is 3.63. The summed E-state index contributed by atoms with van der Waals surface area (Å²) in [6.07, 6.45) is 1.61. The number of carbonyl (C=O) groups excluding carboxylic acids is 2. The van der Waals surface area contributed by atoms with Crippen LogP contribution in [-0.2, 0) is 14.4 Å². The molecule has 36 heavy (non-hydrogen) atoms. The number of aliphatic carboxylic acids is 1. The van der Waals surface area contributed by atoms with Crippen molar-refractivity contribution in [3.8, 4) is 0 Å².